The van der Waals surface area contributed by atoms with Crippen LogP contribution in [0.1, 0.15) is 66.4 Å². The Morgan fingerprint density at radius 1 is 1.16 bits per heavy atom. The van der Waals surface area contributed by atoms with Gasteiger partial charge in [0.05, 0.1) is 29.5 Å². The van der Waals surface area contributed by atoms with E-state index in [0.29, 0.717) is 47.1 Å². The first-order chi connectivity index (χ1) is 27.3. The molecule has 9 aliphatic rings. The molecule has 1 aromatic heterocycles. The molecule has 15 heteroatoms. The first kappa shape index (κ1) is 37.0. The molecule has 10 atom stereocenters. The highest BCUT2D eigenvalue weighted by molar-refractivity contribution is 7.99. The number of benzene rings is 2. The van der Waals surface area contributed by atoms with Crippen LogP contribution >= 0.6 is 11.8 Å². The van der Waals surface area contributed by atoms with Crippen molar-refractivity contribution in [2.45, 2.75) is 81.2 Å². The number of carbonyl (C=O) groups is 2. The van der Waals surface area contributed by atoms with Crippen molar-refractivity contribution >= 4 is 34.6 Å². The number of aromatic nitrogens is 1. The lowest BCUT2D eigenvalue weighted by molar-refractivity contribution is -0.216. The molecule has 0 radical (unpaired) electrons. The Hall–Kier alpha value is -4.25. The molecule has 4 saturated heterocycles. The molecule has 1 aliphatic carbocycles. The monoisotopic (exact) mass is 799 g/mol. The molecule has 1 spiro atoms. The summed E-state index contributed by atoms with van der Waals surface area (Å²) in [7, 11) is 3.56. The van der Waals surface area contributed by atoms with Gasteiger partial charge < -0.3 is 44.6 Å². The number of aliphatic hydroxyl groups is 2. The van der Waals surface area contributed by atoms with Gasteiger partial charge in [-0.05, 0) is 56.9 Å². The average molecular weight is 800 g/mol. The maximum atomic E-state index is 15.1. The van der Waals surface area contributed by atoms with Gasteiger partial charge in [-0.2, -0.15) is 0 Å². The number of allylic oxidation sites excluding steroid dienone is 2. The summed E-state index contributed by atoms with van der Waals surface area (Å²) >= 11 is 1.54. The Bertz CT molecular complexity index is 2330. The molecule has 6 N–H and O–H groups in total. The van der Waals surface area contributed by atoms with Gasteiger partial charge in [0.1, 0.15) is 23.8 Å². The largest absolute Gasteiger partial charge is 0.508 e. The van der Waals surface area contributed by atoms with E-state index >= 15 is 4.79 Å². The number of piperazine rings is 1. The highest BCUT2D eigenvalue weighted by atomic mass is 32.2. The van der Waals surface area contributed by atoms with Crippen molar-refractivity contribution in [2.24, 2.45) is 17.1 Å². The molecular formula is C42H49N5O9S. The van der Waals surface area contributed by atoms with Crippen molar-refractivity contribution in [1.82, 2.24) is 20.1 Å². The van der Waals surface area contributed by atoms with Gasteiger partial charge in [-0.3, -0.25) is 19.9 Å². The van der Waals surface area contributed by atoms with E-state index < -0.39 is 52.0 Å². The van der Waals surface area contributed by atoms with Gasteiger partial charge >= 0.3 is 11.9 Å². The van der Waals surface area contributed by atoms with Gasteiger partial charge in [-0.15, -0.1) is 11.8 Å². The number of aromatic amines is 1. The highest BCUT2D eigenvalue weighted by Crippen LogP contribution is 2.67. The smallest absolute Gasteiger partial charge is 0.333 e. The van der Waals surface area contributed by atoms with Crippen molar-refractivity contribution in [2.75, 3.05) is 46.4 Å². The minimum Gasteiger partial charge on any atom is -0.508 e. The van der Waals surface area contributed by atoms with Crippen LogP contribution in [0.25, 0.3) is 10.9 Å². The number of esters is 2. The van der Waals surface area contributed by atoms with Crippen LogP contribution in [0.4, 0.5) is 0 Å². The summed E-state index contributed by atoms with van der Waals surface area (Å²) in [5.41, 5.74) is 8.12. The number of rotatable bonds is 3. The molecule has 12 rings (SSSR count). The van der Waals surface area contributed by atoms with E-state index in [-0.39, 0.29) is 49.8 Å². The highest BCUT2D eigenvalue weighted by Gasteiger charge is 2.69. The predicted octanol–water partition coefficient (Wildman–Crippen LogP) is 3.96. The van der Waals surface area contributed by atoms with Crippen LogP contribution < -0.4 is 25.3 Å². The van der Waals surface area contributed by atoms with E-state index in [2.05, 4.69) is 39.2 Å². The molecule has 5 unspecified atom stereocenters. The average Bonchev–Trinajstić information content (AvgIpc) is 3.79. The van der Waals surface area contributed by atoms with Crippen LogP contribution in [0, 0.1) is 18.3 Å². The van der Waals surface area contributed by atoms with Crippen molar-refractivity contribution in [1.29, 1.82) is 0 Å². The van der Waals surface area contributed by atoms with Crippen molar-refractivity contribution in [3.8, 4) is 17.2 Å². The van der Waals surface area contributed by atoms with E-state index in [9.17, 15) is 15.0 Å². The second-order valence-corrected chi connectivity index (χ2v) is 18.2. The van der Waals surface area contributed by atoms with Crippen LogP contribution in [-0.2, 0) is 31.0 Å². The Balaban J connectivity index is 1.25. The third kappa shape index (κ3) is 4.84. The van der Waals surface area contributed by atoms with E-state index in [1.54, 1.807) is 7.11 Å². The Morgan fingerprint density at radius 3 is 2.68 bits per heavy atom. The summed E-state index contributed by atoms with van der Waals surface area (Å²) in [6.45, 7) is 7.56. The maximum absolute atomic E-state index is 15.1. The number of nitrogens with zero attached hydrogens (tertiary/aromatic N) is 2. The van der Waals surface area contributed by atoms with Crippen molar-refractivity contribution in [3.63, 3.8) is 0 Å². The van der Waals surface area contributed by atoms with Crippen molar-refractivity contribution < 1.29 is 43.5 Å². The summed E-state index contributed by atoms with van der Waals surface area (Å²) < 4.78 is 31.0. The molecule has 14 nitrogen and oxygen atoms in total. The summed E-state index contributed by atoms with van der Waals surface area (Å²) in [6, 6.07) is 6.08. The zero-order chi connectivity index (χ0) is 39.9. The van der Waals surface area contributed by atoms with Crippen molar-refractivity contribution in [3.05, 3.63) is 75.4 Å². The third-order valence-corrected chi connectivity index (χ3v) is 15.5. The third-order valence-electron chi connectivity index (χ3n) is 14.0. The van der Waals surface area contributed by atoms with E-state index in [1.807, 2.05) is 39.1 Å². The van der Waals surface area contributed by atoms with E-state index in [0.717, 1.165) is 33.3 Å². The van der Waals surface area contributed by atoms with Gasteiger partial charge in [0.25, 0.3) is 0 Å². The molecule has 3 aromatic rings. The van der Waals surface area contributed by atoms with Crippen LogP contribution in [0.15, 0.2) is 47.4 Å². The number of hydrogen-bond acceptors (Lipinski definition) is 14. The fraction of sp³-hybridized carbons (Fsp3) is 0.524. The fourth-order valence-corrected chi connectivity index (χ4v) is 13.4. The quantitative estimate of drug-likeness (QED) is 0.190. The molecule has 4 bridgehead atoms. The van der Waals surface area contributed by atoms with Gasteiger partial charge in [0, 0.05) is 71.5 Å². The summed E-state index contributed by atoms with van der Waals surface area (Å²) in [4.78, 5) is 36.0. The number of hydrogen-bond donors (Lipinski definition) is 5. The van der Waals surface area contributed by atoms with E-state index in [1.165, 1.54) is 18.7 Å². The van der Waals surface area contributed by atoms with Gasteiger partial charge in [-0.1, -0.05) is 31.2 Å². The lowest BCUT2D eigenvalue weighted by Crippen LogP contribution is -2.73. The molecule has 4 fully saturated rings. The molecule has 2 aromatic carbocycles. The number of nitrogens with two attached hydrogens (primary N) is 1. The SMILES string of the molecule is COC1=C(O)C2(C)C(C=C1C)CC1(O)CN(C)C2[C@@H]2[C@@H]3SC[C@]4(N[C@@H](CN)Cc5c4[nH]c4ccccc54)C(=O)OC[C@@H](c4c5c(c(C)c(OC(C)=O)c43)OCO5)N21. The fourth-order valence-electron chi connectivity index (χ4n) is 11.8. The van der Waals surface area contributed by atoms with Crippen LogP contribution in [-0.4, -0.2) is 107 Å². The standard InChI is InChI=1S/C42H49N5O9S/c1-19-11-22-13-41(51)16-46(5)37(40(22,4)38(49)31(19)52-6)30-35-29-28(34-33(54-18-55-34)20(2)32(29)56-21(3)48)27(47(30)41)15-53-39(50)42(17-57-35)36-25(12-23(14-43)45-42)24-9-7-8-10-26(24)44-36/h7-11,22-23,27,30,35,37,44-45,49,51H,12-18,43H2,1-6H3/t22?,23-,27+,30+,35-,37?,40?,41?,42-/m1/s1. The normalized spacial score (nSPS) is 36.5. The topological polar surface area (TPSA) is 181 Å². The van der Waals surface area contributed by atoms with Gasteiger partial charge in [0.15, 0.2) is 22.8 Å². The number of carbonyl (C=O) groups excluding carboxylic acids is 2. The minimum absolute atomic E-state index is 0.0468. The number of para-hydroxylation sites is 1. The molecule has 0 amide bonds. The molecule has 8 aliphatic heterocycles. The summed E-state index contributed by atoms with van der Waals surface area (Å²) in [5, 5.41) is 29.9. The molecule has 57 heavy (non-hydrogen) atoms. The molecule has 0 saturated carbocycles. The number of H-pyrrole nitrogens is 1. The van der Waals surface area contributed by atoms with Crippen LogP contribution in [0.2, 0.25) is 0 Å². The number of nitrogens with one attached hydrogen (secondary N) is 2. The second-order valence-electron chi connectivity index (χ2n) is 17.1. The Kier molecular flexibility index (Phi) is 8.21. The number of ether oxygens (including phenoxy) is 5. The maximum Gasteiger partial charge on any atom is 0.333 e. The lowest BCUT2D eigenvalue weighted by Gasteiger charge is -2.62. The van der Waals surface area contributed by atoms with Crippen LogP contribution in [0.3, 0.4) is 0 Å². The first-order valence-corrected chi connectivity index (χ1v) is 20.7. The summed E-state index contributed by atoms with van der Waals surface area (Å²) in [5.74, 6) is 0.781. The van der Waals surface area contributed by atoms with Gasteiger partial charge in [-0.25, -0.2) is 4.79 Å². The zero-order valence-corrected chi connectivity index (χ0v) is 33.7. The number of methoxy groups -OCH3 is 1. The minimum atomic E-state index is -1.47. The predicted molar refractivity (Wildman–Crippen MR) is 211 cm³/mol. The molecule has 302 valence electrons. The Morgan fingerprint density at radius 2 is 1.93 bits per heavy atom. The zero-order valence-electron chi connectivity index (χ0n) is 32.9. The second kappa shape index (κ2) is 12.6. The van der Waals surface area contributed by atoms with Crippen LogP contribution in [0.5, 0.6) is 17.2 Å². The lowest BCUT2D eigenvalue weighted by atomic mass is 9.63. The molecular weight excluding hydrogens is 751 g/mol. The van der Waals surface area contributed by atoms with Gasteiger partial charge in [0.2, 0.25) is 6.79 Å². The Labute approximate surface area is 334 Å². The number of aliphatic hydroxyl groups excluding tert-OH is 1. The number of thioether (sulfide) groups is 1. The number of likely N-dealkylation sites (N-methyl/N-ethyl adjacent to an activating group) is 1. The summed E-state index contributed by atoms with van der Waals surface area (Å²) in [6.07, 6.45) is 3.02. The number of fused-ring (bicyclic) bond motifs is 8. The molecule has 9 heterocycles. The van der Waals surface area contributed by atoms with E-state index in [4.69, 9.17) is 29.4 Å². The first-order valence-electron chi connectivity index (χ1n) is 19.7.